The van der Waals surface area contributed by atoms with Gasteiger partial charge in [-0.15, -0.1) is 0 Å². The van der Waals surface area contributed by atoms with Crippen molar-refractivity contribution in [3.63, 3.8) is 0 Å². The lowest BCUT2D eigenvalue weighted by atomic mass is 10.2. The highest BCUT2D eigenvalue weighted by atomic mass is 32.2. The molecule has 0 amide bonds. The van der Waals surface area contributed by atoms with Gasteiger partial charge in [0.2, 0.25) is 10.0 Å². The highest BCUT2D eigenvalue weighted by Gasteiger charge is 2.20. The van der Waals surface area contributed by atoms with Crippen LogP contribution in [0.15, 0.2) is 47.4 Å². The summed E-state index contributed by atoms with van der Waals surface area (Å²) in [5.41, 5.74) is 2.30. The van der Waals surface area contributed by atoms with E-state index >= 15 is 0 Å². The van der Waals surface area contributed by atoms with Gasteiger partial charge in [0.05, 0.1) is 10.6 Å². The number of hydrogen-bond donors (Lipinski definition) is 1. The molecule has 1 saturated heterocycles. The summed E-state index contributed by atoms with van der Waals surface area (Å²) in [4.78, 5) is 4.57. The van der Waals surface area contributed by atoms with Crippen molar-refractivity contribution < 1.29 is 12.8 Å². The first-order chi connectivity index (χ1) is 12.9. The van der Waals surface area contributed by atoms with Crippen molar-refractivity contribution in [2.45, 2.75) is 18.7 Å². The van der Waals surface area contributed by atoms with Crippen LogP contribution in [-0.2, 0) is 10.0 Å². The summed E-state index contributed by atoms with van der Waals surface area (Å²) in [6.07, 6.45) is 0. The van der Waals surface area contributed by atoms with Crippen LogP contribution in [0.1, 0.15) is 11.1 Å². The average Bonchev–Trinajstić information content (AvgIpc) is 2.65. The predicted molar refractivity (Wildman–Crippen MR) is 106 cm³/mol. The van der Waals surface area contributed by atoms with Crippen LogP contribution in [-0.4, -0.2) is 52.6 Å². The van der Waals surface area contributed by atoms with Crippen molar-refractivity contribution in [2.24, 2.45) is 0 Å². The highest BCUT2D eigenvalue weighted by molar-refractivity contribution is 7.89. The molecule has 1 fully saturated rings. The summed E-state index contributed by atoms with van der Waals surface area (Å²) in [7, 11) is -3.51. The maximum absolute atomic E-state index is 13.9. The van der Waals surface area contributed by atoms with Crippen molar-refractivity contribution in [1.29, 1.82) is 0 Å². The molecule has 1 N–H and O–H groups in total. The fraction of sp³-hybridized carbons (Fsp3) is 0.400. The molecule has 0 saturated carbocycles. The van der Waals surface area contributed by atoms with Gasteiger partial charge in [-0.3, -0.25) is 4.90 Å². The number of anilines is 1. The molecule has 0 radical (unpaired) electrons. The van der Waals surface area contributed by atoms with Crippen molar-refractivity contribution in [2.75, 3.05) is 44.2 Å². The van der Waals surface area contributed by atoms with E-state index in [-0.39, 0.29) is 5.82 Å². The minimum Gasteiger partial charge on any atom is -0.367 e. The second-order valence-corrected chi connectivity index (χ2v) is 8.68. The average molecular weight is 392 g/mol. The molecule has 27 heavy (non-hydrogen) atoms. The van der Waals surface area contributed by atoms with Gasteiger partial charge in [-0.05, 0) is 43.2 Å². The van der Waals surface area contributed by atoms with Crippen molar-refractivity contribution in [3.05, 3.63) is 59.4 Å². The molecule has 0 aliphatic carbocycles. The number of piperazine rings is 1. The first kappa shape index (κ1) is 19.8. The molecule has 0 bridgehead atoms. The Morgan fingerprint density at radius 2 is 1.74 bits per heavy atom. The molecule has 5 nitrogen and oxygen atoms in total. The molecule has 3 rings (SSSR count). The number of hydrogen-bond acceptors (Lipinski definition) is 4. The molecule has 2 aromatic carbocycles. The molecule has 1 heterocycles. The normalized spacial score (nSPS) is 15.9. The number of aryl methyl sites for hydroxylation is 2. The third-order valence-electron chi connectivity index (χ3n) is 4.92. The van der Waals surface area contributed by atoms with E-state index in [2.05, 4.69) is 9.62 Å². The summed E-state index contributed by atoms with van der Waals surface area (Å²) in [6, 6.07) is 12.2. The van der Waals surface area contributed by atoms with Crippen molar-refractivity contribution in [3.8, 4) is 0 Å². The summed E-state index contributed by atoms with van der Waals surface area (Å²) < 4.78 is 41.7. The van der Waals surface area contributed by atoms with E-state index in [0.29, 0.717) is 23.7 Å². The number of nitrogens with zero attached hydrogens (tertiary/aromatic N) is 2. The Morgan fingerprint density at radius 3 is 2.44 bits per heavy atom. The highest BCUT2D eigenvalue weighted by Crippen LogP contribution is 2.20. The molecule has 0 aromatic heterocycles. The van der Waals surface area contributed by atoms with Gasteiger partial charge in [0.25, 0.3) is 0 Å². The van der Waals surface area contributed by atoms with Crippen LogP contribution < -0.4 is 9.62 Å². The number of sulfonamides is 1. The van der Waals surface area contributed by atoms with E-state index in [1.165, 1.54) is 6.07 Å². The smallest absolute Gasteiger partial charge is 0.240 e. The second-order valence-electron chi connectivity index (χ2n) is 6.95. The number of benzene rings is 2. The lowest BCUT2D eigenvalue weighted by Crippen LogP contribution is -2.48. The molecular formula is C20H26FN3O2S. The number of rotatable bonds is 6. The van der Waals surface area contributed by atoms with Gasteiger partial charge >= 0.3 is 0 Å². The lowest BCUT2D eigenvalue weighted by molar-refractivity contribution is 0.261. The summed E-state index contributed by atoms with van der Waals surface area (Å²) in [5, 5.41) is 0. The molecule has 7 heteroatoms. The van der Waals surface area contributed by atoms with Gasteiger partial charge in [-0.25, -0.2) is 17.5 Å². The summed E-state index contributed by atoms with van der Waals surface area (Å²) >= 11 is 0. The van der Waals surface area contributed by atoms with Crippen LogP contribution >= 0.6 is 0 Å². The molecule has 0 atom stereocenters. The van der Waals surface area contributed by atoms with Crippen LogP contribution in [0.2, 0.25) is 0 Å². The predicted octanol–water partition coefficient (Wildman–Crippen LogP) is 2.54. The van der Waals surface area contributed by atoms with Gasteiger partial charge in [0.1, 0.15) is 5.82 Å². The third-order valence-corrected chi connectivity index (χ3v) is 6.52. The van der Waals surface area contributed by atoms with Crippen LogP contribution in [0.4, 0.5) is 10.1 Å². The quantitative estimate of drug-likeness (QED) is 0.822. The monoisotopic (exact) mass is 391 g/mol. The lowest BCUT2D eigenvalue weighted by Gasteiger charge is -2.36. The van der Waals surface area contributed by atoms with E-state index in [0.717, 1.165) is 37.3 Å². The molecule has 146 valence electrons. The van der Waals surface area contributed by atoms with E-state index in [1.807, 2.05) is 30.0 Å². The zero-order valence-electron chi connectivity index (χ0n) is 15.8. The Balaban J connectivity index is 1.50. The molecule has 0 unspecified atom stereocenters. The van der Waals surface area contributed by atoms with E-state index in [9.17, 15) is 12.8 Å². The van der Waals surface area contributed by atoms with Gasteiger partial charge in [0.15, 0.2) is 0 Å². The van der Waals surface area contributed by atoms with Crippen LogP contribution in [0.3, 0.4) is 0 Å². The Kier molecular flexibility index (Phi) is 6.14. The third kappa shape index (κ3) is 4.86. The van der Waals surface area contributed by atoms with Crippen LogP contribution in [0, 0.1) is 19.7 Å². The van der Waals surface area contributed by atoms with Gasteiger partial charge in [0, 0.05) is 39.3 Å². The first-order valence-corrected chi connectivity index (χ1v) is 10.6. The molecule has 0 spiro atoms. The number of halogens is 1. The number of para-hydroxylation sites is 1. The minimum atomic E-state index is -3.51. The summed E-state index contributed by atoms with van der Waals surface area (Å²) in [5.74, 6) is -0.202. The second kappa shape index (κ2) is 8.37. The first-order valence-electron chi connectivity index (χ1n) is 9.15. The van der Waals surface area contributed by atoms with Crippen molar-refractivity contribution >= 4 is 15.7 Å². The van der Waals surface area contributed by atoms with Gasteiger partial charge < -0.3 is 4.90 Å². The van der Waals surface area contributed by atoms with E-state index in [4.69, 9.17) is 0 Å². The molecule has 2 aromatic rings. The zero-order chi connectivity index (χ0) is 19.4. The maximum Gasteiger partial charge on any atom is 0.240 e. The summed E-state index contributed by atoms with van der Waals surface area (Å²) in [6.45, 7) is 7.68. The Morgan fingerprint density at radius 1 is 1.04 bits per heavy atom. The largest absolute Gasteiger partial charge is 0.367 e. The van der Waals surface area contributed by atoms with E-state index < -0.39 is 10.0 Å². The Hall–Kier alpha value is -1.96. The molecule has 1 aliphatic rings. The fourth-order valence-electron chi connectivity index (χ4n) is 3.33. The van der Waals surface area contributed by atoms with Gasteiger partial charge in [-0.2, -0.15) is 0 Å². The topological polar surface area (TPSA) is 52.7 Å². The fourth-order valence-corrected chi connectivity index (χ4v) is 4.68. The zero-order valence-corrected chi connectivity index (χ0v) is 16.6. The maximum atomic E-state index is 13.9. The molecular weight excluding hydrogens is 365 g/mol. The Labute approximate surface area is 160 Å². The van der Waals surface area contributed by atoms with Gasteiger partial charge in [-0.1, -0.05) is 24.3 Å². The van der Waals surface area contributed by atoms with Crippen LogP contribution in [0.25, 0.3) is 0 Å². The minimum absolute atomic E-state index is 0.202. The van der Waals surface area contributed by atoms with Crippen LogP contribution in [0.5, 0.6) is 0 Å². The van der Waals surface area contributed by atoms with Crippen molar-refractivity contribution in [1.82, 2.24) is 9.62 Å². The molecule has 1 aliphatic heterocycles. The standard InChI is InChI=1S/C20H26FN3O2S/c1-16-7-8-17(2)20(15-16)27(25,26)22-9-10-23-11-13-24(14-12-23)19-6-4-3-5-18(19)21/h3-8,15,22H,9-14H2,1-2H3. The SMILES string of the molecule is Cc1ccc(C)c(S(=O)(=O)NCCN2CCN(c3ccccc3F)CC2)c1. The number of nitrogens with one attached hydrogen (secondary N) is 1. The Bertz CT molecular complexity index is 894. The van der Waals surface area contributed by atoms with E-state index in [1.54, 1.807) is 25.1 Å².